The van der Waals surface area contributed by atoms with Crippen LogP contribution in [0, 0.1) is 11.7 Å². The molecule has 1 aliphatic heterocycles. The summed E-state index contributed by atoms with van der Waals surface area (Å²) in [4.78, 5) is 15.8. The van der Waals surface area contributed by atoms with Crippen molar-refractivity contribution in [3.63, 3.8) is 0 Å². The molecule has 2 aromatic rings. The first-order valence-electron chi connectivity index (χ1n) is 9.45. The number of carbonyl (C=O) groups is 1. The molecular weight excluding hydrogens is 411 g/mol. The van der Waals surface area contributed by atoms with Crippen molar-refractivity contribution in [2.24, 2.45) is 5.92 Å². The predicted octanol–water partition coefficient (Wildman–Crippen LogP) is 3.61. The summed E-state index contributed by atoms with van der Waals surface area (Å²) in [6, 6.07) is 13.0. The molecule has 156 valence electrons. The van der Waals surface area contributed by atoms with E-state index in [0.717, 1.165) is 17.7 Å². The maximum Gasteiger partial charge on any atom is 0.243 e. The first kappa shape index (κ1) is 21.8. The normalized spacial score (nSPS) is 16.0. The topological polar surface area (TPSA) is 57.7 Å². The van der Waals surface area contributed by atoms with Gasteiger partial charge in [-0.1, -0.05) is 12.1 Å². The number of piperidine rings is 1. The smallest absolute Gasteiger partial charge is 0.243 e. The van der Waals surface area contributed by atoms with Crippen LogP contribution in [0.3, 0.4) is 0 Å². The molecule has 1 aliphatic rings. The third kappa shape index (κ3) is 5.18. The van der Waals surface area contributed by atoms with E-state index in [-0.39, 0.29) is 29.8 Å². The van der Waals surface area contributed by atoms with E-state index in [9.17, 15) is 17.6 Å². The number of thioether (sulfide) groups is 1. The SMILES string of the molecule is CSc1ccc(CN(C)C(=O)C2CCN(S(=O)(=O)c3ccc(F)cc3)CC2)cc1. The number of amides is 1. The van der Waals surface area contributed by atoms with Crippen molar-refractivity contribution in [1.29, 1.82) is 0 Å². The van der Waals surface area contributed by atoms with E-state index >= 15 is 0 Å². The van der Waals surface area contributed by atoms with Crippen LogP contribution in [0.15, 0.2) is 58.3 Å². The molecule has 29 heavy (non-hydrogen) atoms. The highest BCUT2D eigenvalue weighted by Crippen LogP contribution is 2.25. The Hall–Kier alpha value is -1.90. The summed E-state index contributed by atoms with van der Waals surface area (Å²) < 4.78 is 39.9. The van der Waals surface area contributed by atoms with Crippen LogP contribution in [0.5, 0.6) is 0 Å². The van der Waals surface area contributed by atoms with Crippen LogP contribution in [-0.4, -0.2) is 49.9 Å². The Bertz CT molecular complexity index is 939. The van der Waals surface area contributed by atoms with Gasteiger partial charge < -0.3 is 4.90 Å². The van der Waals surface area contributed by atoms with Gasteiger partial charge in [-0.25, -0.2) is 12.8 Å². The Morgan fingerprint density at radius 2 is 1.69 bits per heavy atom. The minimum Gasteiger partial charge on any atom is -0.341 e. The lowest BCUT2D eigenvalue weighted by atomic mass is 9.96. The fourth-order valence-electron chi connectivity index (χ4n) is 3.49. The molecule has 0 radical (unpaired) electrons. The van der Waals surface area contributed by atoms with Gasteiger partial charge in [-0.2, -0.15) is 4.31 Å². The Morgan fingerprint density at radius 3 is 2.24 bits per heavy atom. The van der Waals surface area contributed by atoms with Crippen LogP contribution in [0.25, 0.3) is 0 Å². The number of rotatable bonds is 6. The Labute approximate surface area is 175 Å². The predicted molar refractivity (Wildman–Crippen MR) is 113 cm³/mol. The molecule has 0 bridgehead atoms. The quantitative estimate of drug-likeness (QED) is 0.649. The molecule has 0 saturated carbocycles. The van der Waals surface area contributed by atoms with E-state index in [0.29, 0.717) is 19.4 Å². The average Bonchev–Trinajstić information content (AvgIpc) is 2.74. The van der Waals surface area contributed by atoms with Crippen LogP contribution in [0.1, 0.15) is 18.4 Å². The second-order valence-corrected chi connectivity index (χ2v) is 9.99. The van der Waals surface area contributed by atoms with Crippen molar-refractivity contribution in [3.05, 3.63) is 59.9 Å². The molecule has 0 spiro atoms. The van der Waals surface area contributed by atoms with E-state index in [1.165, 1.54) is 21.3 Å². The molecule has 1 saturated heterocycles. The molecule has 3 rings (SSSR count). The number of benzene rings is 2. The zero-order chi connectivity index (χ0) is 21.0. The summed E-state index contributed by atoms with van der Waals surface area (Å²) in [5, 5.41) is 0. The zero-order valence-electron chi connectivity index (χ0n) is 16.5. The van der Waals surface area contributed by atoms with Crippen LogP contribution in [-0.2, 0) is 21.4 Å². The molecular formula is C21H25FN2O3S2. The van der Waals surface area contributed by atoms with Crippen molar-refractivity contribution in [1.82, 2.24) is 9.21 Å². The number of hydrogen-bond donors (Lipinski definition) is 0. The molecule has 0 aliphatic carbocycles. The Morgan fingerprint density at radius 1 is 1.10 bits per heavy atom. The van der Waals surface area contributed by atoms with Gasteiger partial charge in [-0.15, -0.1) is 11.8 Å². The van der Waals surface area contributed by atoms with Crippen LogP contribution in [0.2, 0.25) is 0 Å². The summed E-state index contributed by atoms with van der Waals surface area (Å²) in [5.41, 5.74) is 1.06. The highest BCUT2D eigenvalue weighted by Gasteiger charge is 2.33. The summed E-state index contributed by atoms with van der Waals surface area (Å²) in [6.45, 7) is 1.10. The molecule has 5 nitrogen and oxygen atoms in total. The average molecular weight is 437 g/mol. The maximum absolute atomic E-state index is 13.1. The number of carbonyl (C=O) groups excluding carboxylic acids is 1. The number of nitrogens with zero attached hydrogens (tertiary/aromatic N) is 2. The number of halogens is 1. The maximum atomic E-state index is 13.1. The first-order chi connectivity index (χ1) is 13.8. The molecule has 0 aromatic heterocycles. The van der Waals surface area contributed by atoms with Gasteiger partial charge in [0.25, 0.3) is 0 Å². The van der Waals surface area contributed by atoms with Crippen molar-refractivity contribution >= 4 is 27.7 Å². The second-order valence-electron chi connectivity index (χ2n) is 7.17. The molecule has 0 atom stereocenters. The molecule has 2 aromatic carbocycles. The summed E-state index contributed by atoms with van der Waals surface area (Å²) >= 11 is 1.67. The van der Waals surface area contributed by atoms with Crippen LogP contribution in [0.4, 0.5) is 4.39 Å². The molecule has 1 heterocycles. The van der Waals surface area contributed by atoms with Gasteiger partial charge in [0, 0.05) is 37.5 Å². The van der Waals surface area contributed by atoms with E-state index in [1.807, 2.05) is 30.5 Å². The van der Waals surface area contributed by atoms with E-state index in [1.54, 1.807) is 23.7 Å². The van der Waals surface area contributed by atoms with Gasteiger partial charge in [0.15, 0.2) is 0 Å². The zero-order valence-corrected chi connectivity index (χ0v) is 18.2. The van der Waals surface area contributed by atoms with Crippen molar-refractivity contribution in [2.45, 2.75) is 29.2 Å². The van der Waals surface area contributed by atoms with Gasteiger partial charge in [0.1, 0.15) is 5.82 Å². The van der Waals surface area contributed by atoms with Crippen LogP contribution >= 0.6 is 11.8 Å². The van der Waals surface area contributed by atoms with Gasteiger partial charge in [-0.3, -0.25) is 4.79 Å². The highest BCUT2D eigenvalue weighted by atomic mass is 32.2. The first-order valence-corrected chi connectivity index (χ1v) is 12.1. The standard InChI is InChI=1S/C21H25FN2O3S2/c1-23(15-16-3-7-19(28-2)8-4-16)21(25)17-11-13-24(14-12-17)29(26,27)20-9-5-18(22)6-10-20/h3-10,17H,11-15H2,1-2H3. The molecule has 0 N–H and O–H groups in total. The summed E-state index contributed by atoms with van der Waals surface area (Å²) in [5.74, 6) is -0.623. The highest BCUT2D eigenvalue weighted by molar-refractivity contribution is 7.98. The monoisotopic (exact) mass is 436 g/mol. The summed E-state index contributed by atoms with van der Waals surface area (Å²) in [7, 11) is -1.88. The fraction of sp³-hybridized carbons (Fsp3) is 0.381. The van der Waals surface area contributed by atoms with E-state index in [2.05, 4.69) is 0 Å². The largest absolute Gasteiger partial charge is 0.341 e. The minimum absolute atomic E-state index is 0.0396. The fourth-order valence-corrected chi connectivity index (χ4v) is 5.37. The number of hydrogen-bond acceptors (Lipinski definition) is 4. The lowest BCUT2D eigenvalue weighted by molar-refractivity contribution is -0.135. The molecule has 1 fully saturated rings. The minimum atomic E-state index is -3.66. The van der Waals surface area contributed by atoms with Crippen LogP contribution < -0.4 is 0 Å². The van der Waals surface area contributed by atoms with E-state index < -0.39 is 15.8 Å². The van der Waals surface area contributed by atoms with E-state index in [4.69, 9.17) is 0 Å². The molecule has 0 unspecified atom stereocenters. The lowest BCUT2D eigenvalue weighted by Gasteiger charge is -2.32. The van der Waals surface area contributed by atoms with Gasteiger partial charge in [0.2, 0.25) is 15.9 Å². The molecule has 1 amide bonds. The number of sulfonamides is 1. The van der Waals surface area contributed by atoms with Crippen molar-refractivity contribution in [2.75, 3.05) is 26.4 Å². The Balaban J connectivity index is 1.57. The van der Waals surface area contributed by atoms with Gasteiger partial charge in [-0.05, 0) is 61.1 Å². The van der Waals surface area contributed by atoms with Gasteiger partial charge in [0.05, 0.1) is 4.90 Å². The third-order valence-corrected chi connectivity index (χ3v) is 7.87. The van der Waals surface area contributed by atoms with Crippen molar-refractivity contribution < 1.29 is 17.6 Å². The molecule has 8 heteroatoms. The lowest BCUT2D eigenvalue weighted by Crippen LogP contribution is -2.43. The summed E-state index contributed by atoms with van der Waals surface area (Å²) in [6.07, 6.45) is 2.98. The third-order valence-electron chi connectivity index (χ3n) is 5.21. The van der Waals surface area contributed by atoms with Crippen molar-refractivity contribution in [3.8, 4) is 0 Å². The Kier molecular flexibility index (Phi) is 6.97. The van der Waals surface area contributed by atoms with Gasteiger partial charge >= 0.3 is 0 Å². The second kappa shape index (κ2) is 9.28.